The molecule has 0 saturated heterocycles. The molecule has 1 N–H and O–H groups in total. The van der Waals surface area contributed by atoms with E-state index in [1.807, 2.05) is 12.1 Å². The van der Waals surface area contributed by atoms with E-state index in [2.05, 4.69) is 66.0 Å². The van der Waals surface area contributed by atoms with Gasteiger partial charge in [-0.1, -0.05) is 71.9 Å². The maximum absolute atomic E-state index is 14.6. The first kappa shape index (κ1) is 38.2. The van der Waals surface area contributed by atoms with Gasteiger partial charge in [0.15, 0.2) is 0 Å². The molecule has 0 aromatic heterocycles. The molecule has 9 atom stereocenters. The van der Waals surface area contributed by atoms with Crippen LogP contribution in [-0.2, 0) is 9.59 Å². The van der Waals surface area contributed by atoms with E-state index in [1.165, 1.54) is 36.8 Å². The summed E-state index contributed by atoms with van der Waals surface area (Å²) in [6.07, 6.45) is 15.2. The van der Waals surface area contributed by atoms with Crippen LogP contribution in [0.2, 0.25) is 0 Å². The van der Waals surface area contributed by atoms with Gasteiger partial charge in [-0.05, 0) is 172 Å². The lowest BCUT2D eigenvalue weighted by atomic mass is 9.32. The molecular weight excluding hydrogens is 631 g/mol. The van der Waals surface area contributed by atoms with Gasteiger partial charge in [0.2, 0.25) is 0 Å². The normalized spacial score (nSPS) is 38.1. The summed E-state index contributed by atoms with van der Waals surface area (Å²) in [5, 5.41) is 9.49. The summed E-state index contributed by atoms with van der Waals surface area (Å²) in [5.41, 5.74) is 4.48. The van der Waals surface area contributed by atoms with Gasteiger partial charge in [0, 0.05) is 11.8 Å². The maximum Gasteiger partial charge on any atom is 0.335 e. The fourth-order valence-corrected chi connectivity index (χ4v) is 14.1. The highest BCUT2D eigenvalue weighted by Gasteiger charge is 2.71. The van der Waals surface area contributed by atoms with Crippen molar-refractivity contribution in [3.63, 3.8) is 0 Å². The standard InChI is InChI=1S/C46H67NO4/c1-10-27-47(29-31(4)48)28-11-12-39(49)46-24-19-34(30(2)3)40(46)36-17-18-38-43(7)22-20-35(32-13-15-33(16-14-32)41(50)51)42(5,6)37(43)21-23-45(38,9)44(36,8)25-26-46/h13-16,20,34,36-38,40H,2,10-12,17-19,21-29H2,1,3-9H3,(H,50,51)/t34-,36+,37-,38+,40+,43-,44+,45+,46+/m0/s1. The van der Waals surface area contributed by atoms with Crippen LogP contribution in [0, 0.1) is 56.7 Å². The van der Waals surface area contributed by atoms with Crippen molar-refractivity contribution in [2.45, 2.75) is 132 Å². The number of hydrogen-bond donors (Lipinski definition) is 1. The highest BCUT2D eigenvalue weighted by Crippen LogP contribution is 2.78. The molecule has 0 aliphatic heterocycles. The van der Waals surface area contributed by atoms with Gasteiger partial charge in [-0.15, -0.1) is 0 Å². The number of nitrogens with zero attached hydrogens (tertiary/aromatic N) is 1. The van der Waals surface area contributed by atoms with Crippen LogP contribution in [0.4, 0.5) is 0 Å². The number of hydrogen-bond acceptors (Lipinski definition) is 4. The van der Waals surface area contributed by atoms with Crippen molar-refractivity contribution in [1.29, 1.82) is 0 Å². The zero-order valence-corrected chi connectivity index (χ0v) is 33.2. The smallest absolute Gasteiger partial charge is 0.335 e. The first-order valence-electron chi connectivity index (χ1n) is 20.4. The average molecular weight is 698 g/mol. The van der Waals surface area contributed by atoms with Crippen LogP contribution < -0.4 is 0 Å². The molecule has 1 aromatic carbocycles. The predicted molar refractivity (Wildman–Crippen MR) is 207 cm³/mol. The van der Waals surface area contributed by atoms with Crippen LogP contribution in [-0.4, -0.2) is 47.2 Å². The highest BCUT2D eigenvalue weighted by atomic mass is 16.4. The van der Waals surface area contributed by atoms with E-state index in [0.717, 1.165) is 63.6 Å². The Morgan fingerprint density at radius 2 is 1.57 bits per heavy atom. The molecule has 1 aromatic rings. The second-order valence-electron chi connectivity index (χ2n) is 19.3. The molecule has 51 heavy (non-hydrogen) atoms. The molecule has 0 radical (unpaired) electrons. The van der Waals surface area contributed by atoms with E-state index >= 15 is 0 Å². The topological polar surface area (TPSA) is 74.7 Å². The Balaban J connectivity index is 1.27. The monoisotopic (exact) mass is 698 g/mol. The molecule has 5 aliphatic carbocycles. The van der Waals surface area contributed by atoms with Gasteiger partial charge in [0.05, 0.1) is 12.1 Å². The quantitative estimate of drug-likeness (QED) is 0.220. The van der Waals surface area contributed by atoms with Gasteiger partial charge in [0.25, 0.3) is 0 Å². The number of carboxylic acids is 1. The Labute approximate surface area is 309 Å². The van der Waals surface area contributed by atoms with Crippen LogP contribution in [0.15, 0.2) is 42.5 Å². The maximum atomic E-state index is 14.6. The lowest BCUT2D eigenvalue weighted by molar-refractivity contribution is -0.224. The molecule has 0 amide bonds. The van der Waals surface area contributed by atoms with Crippen LogP contribution >= 0.6 is 0 Å². The van der Waals surface area contributed by atoms with Gasteiger partial charge in [0.1, 0.15) is 11.6 Å². The van der Waals surface area contributed by atoms with Crippen molar-refractivity contribution in [2.24, 2.45) is 56.7 Å². The SMILES string of the molecule is C=C(C)[C@@H]1CC[C@]2(C(=O)CCCN(CCC)CC(C)=O)CC[C@]3(C)[C@H](CC[C@@H]4[C@@]5(C)CC=C(c6ccc(C(=O)O)cc6)C(C)(C)[C@@H]5CC[C@]43C)[C@@H]12. The molecule has 6 rings (SSSR count). The molecule has 0 heterocycles. The Hall–Kier alpha value is -2.53. The molecular formula is C46H67NO4. The summed E-state index contributed by atoms with van der Waals surface area (Å²) in [5.74, 6) is 2.34. The second kappa shape index (κ2) is 13.7. The molecule has 4 saturated carbocycles. The Bertz CT molecular complexity index is 1570. The third-order valence-corrected chi connectivity index (χ3v) is 16.5. The molecule has 0 bridgehead atoms. The molecule has 0 unspecified atom stereocenters. The first-order chi connectivity index (χ1) is 24.0. The number of fused-ring (bicyclic) bond motifs is 7. The molecule has 280 valence electrons. The van der Waals surface area contributed by atoms with Crippen molar-refractivity contribution >= 4 is 23.1 Å². The minimum absolute atomic E-state index is 0.0153. The Morgan fingerprint density at radius 1 is 0.863 bits per heavy atom. The van der Waals surface area contributed by atoms with Crippen LogP contribution in [0.25, 0.3) is 5.57 Å². The Morgan fingerprint density at radius 3 is 2.20 bits per heavy atom. The van der Waals surface area contributed by atoms with Gasteiger partial charge in [-0.3, -0.25) is 14.5 Å². The number of benzene rings is 1. The molecule has 5 heteroatoms. The number of carbonyl (C=O) groups is 3. The minimum atomic E-state index is -0.877. The van der Waals surface area contributed by atoms with Crippen LogP contribution in [0.5, 0.6) is 0 Å². The number of carboxylic acid groups (broad SMARTS) is 1. The van der Waals surface area contributed by atoms with Crippen LogP contribution in [0.3, 0.4) is 0 Å². The van der Waals surface area contributed by atoms with E-state index < -0.39 is 5.97 Å². The van der Waals surface area contributed by atoms with Crippen molar-refractivity contribution in [3.8, 4) is 0 Å². The fourth-order valence-electron chi connectivity index (χ4n) is 14.1. The number of allylic oxidation sites excluding steroid dienone is 3. The van der Waals surface area contributed by atoms with E-state index in [4.69, 9.17) is 0 Å². The van der Waals surface area contributed by atoms with Crippen molar-refractivity contribution in [2.75, 3.05) is 19.6 Å². The lowest BCUT2D eigenvalue weighted by Crippen LogP contribution is -2.65. The fraction of sp³-hybridized carbons (Fsp3) is 0.717. The van der Waals surface area contributed by atoms with Gasteiger partial charge in [-0.2, -0.15) is 0 Å². The zero-order valence-electron chi connectivity index (χ0n) is 33.2. The van der Waals surface area contributed by atoms with Crippen molar-refractivity contribution in [3.05, 3.63) is 53.6 Å². The van der Waals surface area contributed by atoms with E-state index in [1.54, 1.807) is 19.1 Å². The number of carbonyl (C=O) groups excluding carboxylic acids is 2. The minimum Gasteiger partial charge on any atom is -0.478 e. The lowest BCUT2D eigenvalue weighted by Gasteiger charge is -2.72. The number of rotatable bonds is 12. The molecule has 5 nitrogen and oxygen atoms in total. The highest BCUT2D eigenvalue weighted by molar-refractivity contribution is 5.88. The summed E-state index contributed by atoms with van der Waals surface area (Å²) < 4.78 is 0. The largest absolute Gasteiger partial charge is 0.478 e. The number of aromatic carboxylic acids is 1. The van der Waals surface area contributed by atoms with Crippen molar-refractivity contribution in [1.82, 2.24) is 4.90 Å². The summed E-state index contributed by atoms with van der Waals surface area (Å²) in [7, 11) is 0. The van der Waals surface area contributed by atoms with Gasteiger partial charge < -0.3 is 5.11 Å². The van der Waals surface area contributed by atoms with Gasteiger partial charge >= 0.3 is 5.97 Å². The second-order valence-corrected chi connectivity index (χ2v) is 19.3. The number of ketones is 2. The van der Waals surface area contributed by atoms with E-state index in [-0.39, 0.29) is 32.9 Å². The van der Waals surface area contributed by atoms with Gasteiger partial charge in [-0.25, -0.2) is 4.79 Å². The summed E-state index contributed by atoms with van der Waals surface area (Å²) in [6, 6.07) is 7.54. The first-order valence-corrected chi connectivity index (χ1v) is 20.4. The Kier molecular flexibility index (Phi) is 10.3. The molecule has 4 fully saturated rings. The predicted octanol–water partition coefficient (Wildman–Crippen LogP) is 10.7. The molecule has 0 spiro atoms. The third kappa shape index (κ3) is 6.04. The van der Waals surface area contributed by atoms with Crippen molar-refractivity contribution < 1.29 is 19.5 Å². The average Bonchev–Trinajstić information content (AvgIpc) is 3.46. The number of Topliss-reactive ketones (excluding diaryl/α,β-unsaturated/α-hetero) is 2. The van der Waals surface area contributed by atoms with E-state index in [0.29, 0.717) is 53.9 Å². The zero-order chi connectivity index (χ0) is 37.1. The molecule has 5 aliphatic rings. The van der Waals surface area contributed by atoms with E-state index in [9.17, 15) is 19.5 Å². The summed E-state index contributed by atoms with van der Waals surface area (Å²) in [6.45, 7) is 25.6. The summed E-state index contributed by atoms with van der Waals surface area (Å²) in [4.78, 5) is 40.3. The third-order valence-electron chi connectivity index (χ3n) is 16.5. The summed E-state index contributed by atoms with van der Waals surface area (Å²) >= 11 is 0. The van der Waals surface area contributed by atoms with Crippen LogP contribution in [0.1, 0.15) is 148 Å².